The topological polar surface area (TPSA) is 53.1 Å². The zero-order valence-corrected chi connectivity index (χ0v) is 15.8. The average molecular weight is 367 g/mol. The predicted molar refractivity (Wildman–Crippen MR) is 104 cm³/mol. The number of hydrogen-bond donors (Lipinski definition) is 0. The molecular weight excluding hydrogens is 342 g/mol. The zero-order chi connectivity index (χ0) is 19.2. The van der Waals surface area contributed by atoms with Crippen molar-refractivity contribution in [3.63, 3.8) is 0 Å². The van der Waals surface area contributed by atoms with Crippen LogP contribution in [0.5, 0.6) is 5.75 Å². The van der Waals surface area contributed by atoms with Crippen LogP contribution in [0.2, 0.25) is 0 Å². The minimum atomic E-state index is -0.00938. The molecule has 0 radical (unpaired) electrons. The lowest BCUT2D eigenvalue weighted by atomic mass is 10.1. The normalized spacial score (nSPS) is 14.0. The summed E-state index contributed by atoms with van der Waals surface area (Å²) in [6.45, 7) is 2.69. The Labute approximate surface area is 159 Å². The number of piperazine rings is 1. The van der Waals surface area contributed by atoms with Crippen LogP contribution in [-0.2, 0) is 6.61 Å². The maximum atomic E-state index is 12.7. The van der Waals surface area contributed by atoms with Crippen LogP contribution in [-0.4, -0.2) is 66.9 Å². The molecule has 0 N–H and O–H groups in total. The molecule has 0 saturated carbocycles. The molecule has 0 aromatic heterocycles. The van der Waals surface area contributed by atoms with Gasteiger partial charge in [0.15, 0.2) is 0 Å². The van der Waals surface area contributed by atoms with Gasteiger partial charge in [0.25, 0.3) is 5.91 Å². The van der Waals surface area contributed by atoms with Crippen molar-refractivity contribution < 1.29 is 14.3 Å². The molecule has 0 atom stereocenters. The Morgan fingerprint density at radius 2 is 1.48 bits per heavy atom. The third-order valence-corrected chi connectivity index (χ3v) is 4.57. The molecule has 2 aromatic rings. The van der Waals surface area contributed by atoms with E-state index in [-0.39, 0.29) is 11.9 Å². The Kier molecular flexibility index (Phi) is 5.96. The van der Waals surface area contributed by atoms with E-state index in [9.17, 15) is 9.59 Å². The van der Waals surface area contributed by atoms with Crippen molar-refractivity contribution in [3.05, 3.63) is 65.7 Å². The summed E-state index contributed by atoms with van der Waals surface area (Å²) in [6.07, 6.45) is 0. The van der Waals surface area contributed by atoms with Gasteiger partial charge < -0.3 is 19.4 Å². The number of nitrogens with zero attached hydrogens (tertiary/aromatic N) is 3. The van der Waals surface area contributed by atoms with Gasteiger partial charge in [-0.2, -0.15) is 0 Å². The fourth-order valence-corrected chi connectivity index (χ4v) is 2.99. The van der Waals surface area contributed by atoms with Crippen molar-refractivity contribution >= 4 is 11.9 Å². The maximum Gasteiger partial charge on any atom is 0.319 e. The minimum absolute atomic E-state index is 0.00230. The summed E-state index contributed by atoms with van der Waals surface area (Å²) in [5.41, 5.74) is 1.67. The van der Waals surface area contributed by atoms with Crippen molar-refractivity contribution in [3.8, 4) is 5.75 Å². The van der Waals surface area contributed by atoms with Gasteiger partial charge >= 0.3 is 6.03 Å². The average Bonchev–Trinajstić information content (AvgIpc) is 2.72. The van der Waals surface area contributed by atoms with Crippen LogP contribution in [0.3, 0.4) is 0 Å². The lowest BCUT2D eigenvalue weighted by Gasteiger charge is -2.36. The van der Waals surface area contributed by atoms with E-state index in [1.54, 1.807) is 28.8 Å². The van der Waals surface area contributed by atoms with Crippen molar-refractivity contribution in [2.45, 2.75) is 6.61 Å². The SMILES string of the molecule is CN(C)C(=O)N1CCN(C(=O)c2ccc(COc3ccccc3)cc2)CC1. The molecular formula is C21H25N3O3. The van der Waals surface area contributed by atoms with Gasteiger partial charge in [-0.15, -0.1) is 0 Å². The molecule has 3 rings (SSSR count). The number of urea groups is 1. The first-order valence-corrected chi connectivity index (χ1v) is 9.07. The van der Waals surface area contributed by atoms with Crippen molar-refractivity contribution in [1.29, 1.82) is 0 Å². The monoisotopic (exact) mass is 367 g/mol. The van der Waals surface area contributed by atoms with Gasteiger partial charge in [-0.1, -0.05) is 30.3 Å². The molecule has 0 aliphatic carbocycles. The molecule has 1 aliphatic rings. The first-order valence-electron chi connectivity index (χ1n) is 9.07. The van der Waals surface area contributed by atoms with E-state index in [1.165, 1.54) is 0 Å². The van der Waals surface area contributed by atoms with Crippen LogP contribution in [0.4, 0.5) is 4.79 Å². The second kappa shape index (κ2) is 8.58. The lowest BCUT2D eigenvalue weighted by molar-refractivity contribution is 0.0650. The van der Waals surface area contributed by atoms with Crippen LogP contribution in [0.1, 0.15) is 15.9 Å². The van der Waals surface area contributed by atoms with E-state index in [0.717, 1.165) is 11.3 Å². The fourth-order valence-electron chi connectivity index (χ4n) is 2.99. The summed E-state index contributed by atoms with van der Waals surface area (Å²) in [4.78, 5) is 29.8. The highest BCUT2D eigenvalue weighted by Crippen LogP contribution is 2.14. The highest BCUT2D eigenvalue weighted by molar-refractivity contribution is 5.94. The number of carbonyl (C=O) groups is 2. The van der Waals surface area contributed by atoms with Gasteiger partial charge in [-0.3, -0.25) is 4.79 Å². The molecule has 6 nitrogen and oxygen atoms in total. The summed E-state index contributed by atoms with van der Waals surface area (Å²) in [6, 6.07) is 17.1. The molecule has 1 heterocycles. The second-order valence-electron chi connectivity index (χ2n) is 6.75. The van der Waals surface area contributed by atoms with Crippen molar-refractivity contribution in [1.82, 2.24) is 14.7 Å². The van der Waals surface area contributed by atoms with E-state index >= 15 is 0 Å². The largest absolute Gasteiger partial charge is 0.489 e. The van der Waals surface area contributed by atoms with E-state index in [4.69, 9.17) is 4.74 Å². The van der Waals surface area contributed by atoms with Crippen LogP contribution < -0.4 is 4.74 Å². The maximum absolute atomic E-state index is 12.7. The van der Waals surface area contributed by atoms with Gasteiger partial charge in [0.1, 0.15) is 12.4 Å². The number of benzene rings is 2. The van der Waals surface area contributed by atoms with Crippen LogP contribution in [0.25, 0.3) is 0 Å². The van der Waals surface area contributed by atoms with E-state index in [0.29, 0.717) is 38.3 Å². The van der Waals surface area contributed by atoms with E-state index in [1.807, 2.05) is 54.6 Å². The third-order valence-electron chi connectivity index (χ3n) is 4.57. The lowest BCUT2D eigenvalue weighted by Crippen LogP contribution is -2.52. The minimum Gasteiger partial charge on any atom is -0.489 e. The summed E-state index contributed by atoms with van der Waals surface area (Å²) < 4.78 is 5.73. The van der Waals surface area contributed by atoms with Crippen LogP contribution in [0, 0.1) is 0 Å². The van der Waals surface area contributed by atoms with E-state index in [2.05, 4.69) is 0 Å². The predicted octanol–water partition coefficient (Wildman–Crippen LogP) is 2.71. The Morgan fingerprint density at radius 1 is 0.889 bits per heavy atom. The fraction of sp³-hybridized carbons (Fsp3) is 0.333. The number of amides is 3. The highest BCUT2D eigenvalue weighted by atomic mass is 16.5. The van der Waals surface area contributed by atoms with Crippen LogP contribution >= 0.6 is 0 Å². The smallest absolute Gasteiger partial charge is 0.319 e. The van der Waals surface area contributed by atoms with Gasteiger partial charge in [-0.25, -0.2) is 4.79 Å². The quantitative estimate of drug-likeness (QED) is 0.835. The number of para-hydroxylation sites is 1. The zero-order valence-electron chi connectivity index (χ0n) is 15.8. The molecule has 1 fully saturated rings. The molecule has 142 valence electrons. The first-order chi connectivity index (χ1) is 13.0. The van der Waals surface area contributed by atoms with Gasteiger partial charge in [0.2, 0.25) is 0 Å². The Hall–Kier alpha value is -3.02. The van der Waals surface area contributed by atoms with Gasteiger partial charge in [0.05, 0.1) is 0 Å². The standard InChI is InChI=1S/C21H25N3O3/c1-22(2)21(26)24-14-12-23(13-15-24)20(25)18-10-8-17(9-11-18)16-27-19-6-4-3-5-7-19/h3-11H,12-16H2,1-2H3. The summed E-state index contributed by atoms with van der Waals surface area (Å²) in [5, 5.41) is 0. The molecule has 1 saturated heterocycles. The number of carbonyl (C=O) groups excluding carboxylic acids is 2. The summed E-state index contributed by atoms with van der Waals surface area (Å²) in [5.74, 6) is 0.824. The van der Waals surface area contributed by atoms with Crippen LogP contribution in [0.15, 0.2) is 54.6 Å². The molecule has 27 heavy (non-hydrogen) atoms. The second-order valence-corrected chi connectivity index (χ2v) is 6.75. The third kappa shape index (κ3) is 4.78. The first kappa shape index (κ1) is 18.8. The van der Waals surface area contributed by atoms with Crippen molar-refractivity contribution in [2.24, 2.45) is 0 Å². The number of ether oxygens (including phenoxy) is 1. The Bertz CT molecular complexity index is 767. The van der Waals surface area contributed by atoms with Gasteiger partial charge in [0, 0.05) is 45.8 Å². The summed E-state index contributed by atoms with van der Waals surface area (Å²) >= 11 is 0. The molecule has 6 heteroatoms. The summed E-state index contributed by atoms with van der Waals surface area (Å²) in [7, 11) is 3.48. The molecule has 2 aromatic carbocycles. The Balaban J connectivity index is 1.53. The van der Waals surface area contributed by atoms with Crippen molar-refractivity contribution in [2.75, 3.05) is 40.3 Å². The molecule has 0 spiro atoms. The molecule has 0 bridgehead atoms. The number of hydrogen-bond acceptors (Lipinski definition) is 3. The number of rotatable bonds is 4. The van der Waals surface area contributed by atoms with Gasteiger partial charge in [-0.05, 0) is 29.8 Å². The highest BCUT2D eigenvalue weighted by Gasteiger charge is 2.25. The molecule has 3 amide bonds. The molecule has 1 aliphatic heterocycles. The molecule has 0 unspecified atom stereocenters. The Morgan fingerprint density at radius 3 is 2.07 bits per heavy atom. The van der Waals surface area contributed by atoms with E-state index < -0.39 is 0 Å².